The Balaban J connectivity index is 2.23. The number of oxime groups is 2. The fourth-order valence-corrected chi connectivity index (χ4v) is 1.81. The zero-order valence-electron chi connectivity index (χ0n) is 13.0. The molecule has 4 nitrogen and oxygen atoms in total. The van der Waals surface area contributed by atoms with E-state index in [-0.39, 0.29) is 11.6 Å². The summed E-state index contributed by atoms with van der Waals surface area (Å²) in [6.45, 7) is 1.54. The van der Waals surface area contributed by atoms with Gasteiger partial charge in [-0.05, 0) is 41.9 Å². The Labute approximate surface area is 137 Å². The molecule has 0 saturated carbocycles. The lowest BCUT2D eigenvalue weighted by atomic mass is 10.1. The van der Waals surface area contributed by atoms with Crippen molar-refractivity contribution in [2.45, 2.75) is 13.1 Å². The summed E-state index contributed by atoms with van der Waals surface area (Å²) in [5, 5.41) is 7.52. The minimum absolute atomic E-state index is 0.0458. The molecule has 2 aromatic rings. The van der Waals surface area contributed by atoms with Crippen LogP contribution in [-0.2, 0) is 15.9 Å². The summed E-state index contributed by atoms with van der Waals surface area (Å²) >= 11 is 0. The van der Waals surface area contributed by atoms with Crippen LogP contribution in [0.15, 0.2) is 58.8 Å². The van der Waals surface area contributed by atoms with Crippen LogP contribution in [0, 0.1) is 6.07 Å². The van der Waals surface area contributed by atoms with Gasteiger partial charge in [-0.15, -0.1) is 0 Å². The van der Waals surface area contributed by atoms with Gasteiger partial charge in [0.25, 0.3) is 5.90 Å². The Bertz CT molecular complexity index is 741. The zero-order valence-corrected chi connectivity index (χ0v) is 13.0. The van der Waals surface area contributed by atoms with Crippen molar-refractivity contribution >= 4 is 11.6 Å². The molecule has 7 heteroatoms. The first-order valence-electron chi connectivity index (χ1n) is 6.89. The largest absolute Gasteiger partial charge is 0.416 e. The SMILES string of the molecule is CO/N=C(/O/N=C(\C)c1cccc(C(F)(F)F)c1)c1[c]cccc1. The number of benzene rings is 2. The van der Waals surface area contributed by atoms with E-state index in [4.69, 9.17) is 4.84 Å². The van der Waals surface area contributed by atoms with Crippen molar-refractivity contribution in [1.82, 2.24) is 0 Å². The Morgan fingerprint density at radius 3 is 2.50 bits per heavy atom. The molecule has 0 saturated heterocycles. The smallest absolute Gasteiger partial charge is 0.396 e. The Morgan fingerprint density at radius 1 is 1.08 bits per heavy atom. The number of hydrogen-bond acceptors (Lipinski definition) is 4. The number of nitrogens with zero attached hydrogens (tertiary/aromatic N) is 2. The first kappa shape index (κ1) is 17.5. The van der Waals surface area contributed by atoms with Crippen molar-refractivity contribution in [3.05, 3.63) is 71.3 Å². The summed E-state index contributed by atoms with van der Waals surface area (Å²) in [5.74, 6) is 0.0458. The van der Waals surface area contributed by atoms with Gasteiger partial charge in [0.1, 0.15) is 7.11 Å². The first-order chi connectivity index (χ1) is 11.4. The summed E-state index contributed by atoms with van der Waals surface area (Å²) in [5.41, 5.74) is 0.302. The van der Waals surface area contributed by atoms with Gasteiger partial charge >= 0.3 is 6.18 Å². The monoisotopic (exact) mass is 335 g/mol. The maximum atomic E-state index is 12.8. The van der Waals surface area contributed by atoms with Crippen LogP contribution in [0.2, 0.25) is 0 Å². The summed E-state index contributed by atoms with van der Waals surface area (Å²) in [6, 6.07) is 14.6. The second-order valence-electron chi connectivity index (χ2n) is 4.70. The molecule has 24 heavy (non-hydrogen) atoms. The second kappa shape index (κ2) is 7.63. The second-order valence-corrected chi connectivity index (χ2v) is 4.70. The van der Waals surface area contributed by atoms with Crippen molar-refractivity contribution in [2.24, 2.45) is 10.3 Å². The average molecular weight is 335 g/mol. The Morgan fingerprint density at radius 2 is 1.88 bits per heavy atom. The van der Waals surface area contributed by atoms with Crippen LogP contribution in [0.25, 0.3) is 0 Å². The minimum Gasteiger partial charge on any atom is -0.396 e. The molecule has 0 N–H and O–H groups in total. The van der Waals surface area contributed by atoms with Gasteiger partial charge < -0.3 is 9.68 Å². The highest BCUT2D eigenvalue weighted by atomic mass is 19.4. The third kappa shape index (κ3) is 4.58. The molecular weight excluding hydrogens is 321 g/mol. The molecule has 1 radical (unpaired) electrons. The van der Waals surface area contributed by atoms with Crippen LogP contribution in [-0.4, -0.2) is 18.7 Å². The molecule has 0 heterocycles. The fraction of sp³-hybridized carbons (Fsp3) is 0.176. The van der Waals surface area contributed by atoms with E-state index in [0.29, 0.717) is 11.1 Å². The van der Waals surface area contributed by atoms with Gasteiger partial charge in [0.15, 0.2) is 0 Å². The highest BCUT2D eigenvalue weighted by Gasteiger charge is 2.30. The third-order valence-electron chi connectivity index (χ3n) is 2.99. The Kier molecular flexibility index (Phi) is 5.57. The maximum Gasteiger partial charge on any atom is 0.416 e. The third-order valence-corrected chi connectivity index (χ3v) is 2.99. The van der Waals surface area contributed by atoms with Crippen molar-refractivity contribution in [3.8, 4) is 0 Å². The molecule has 0 atom stereocenters. The molecular formula is C17H14F3N2O2. The molecule has 125 valence electrons. The number of alkyl halides is 3. The lowest BCUT2D eigenvalue weighted by molar-refractivity contribution is -0.137. The van der Waals surface area contributed by atoms with Crippen molar-refractivity contribution in [3.63, 3.8) is 0 Å². The highest BCUT2D eigenvalue weighted by molar-refractivity contribution is 6.00. The lowest BCUT2D eigenvalue weighted by Gasteiger charge is -2.08. The van der Waals surface area contributed by atoms with Gasteiger partial charge in [0, 0.05) is 0 Å². The van der Waals surface area contributed by atoms with Gasteiger partial charge in [-0.2, -0.15) is 13.2 Å². The van der Waals surface area contributed by atoms with E-state index in [1.54, 1.807) is 24.3 Å². The van der Waals surface area contributed by atoms with Gasteiger partial charge in [0.2, 0.25) is 0 Å². The van der Waals surface area contributed by atoms with Crippen LogP contribution in [0.1, 0.15) is 23.6 Å². The topological polar surface area (TPSA) is 43.2 Å². The molecule has 2 aromatic carbocycles. The average Bonchev–Trinajstić information content (AvgIpc) is 2.58. The number of rotatable bonds is 4. The minimum atomic E-state index is -4.42. The van der Waals surface area contributed by atoms with E-state index >= 15 is 0 Å². The quantitative estimate of drug-likeness (QED) is 0.476. The molecule has 0 aliphatic rings. The first-order valence-corrected chi connectivity index (χ1v) is 6.89. The number of halogens is 3. The zero-order chi connectivity index (χ0) is 17.6. The molecule has 0 amide bonds. The van der Waals surface area contributed by atoms with Crippen molar-refractivity contribution < 1.29 is 22.8 Å². The van der Waals surface area contributed by atoms with Crippen molar-refractivity contribution in [2.75, 3.05) is 7.11 Å². The molecule has 0 bridgehead atoms. The molecule has 0 fully saturated rings. The van der Waals surface area contributed by atoms with Crippen LogP contribution >= 0.6 is 0 Å². The van der Waals surface area contributed by atoms with Crippen LogP contribution in [0.5, 0.6) is 0 Å². The van der Waals surface area contributed by atoms with E-state index in [1.807, 2.05) is 0 Å². The standard InChI is InChI=1S/C17H14F3N2O2/c1-12(14-9-6-10-15(11-14)17(18,19)20)21-24-16(22-23-2)13-7-4-3-5-8-13/h3-7,9-11H,1-2H3/b21-12+,22-16+. The van der Waals surface area contributed by atoms with E-state index in [1.165, 1.54) is 26.2 Å². The summed E-state index contributed by atoms with van der Waals surface area (Å²) < 4.78 is 38.3. The van der Waals surface area contributed by atoms with Crippen LogP contribution < -0.4 is 0 Å². The molecule has 0 spiro atoms. The fourth-order valence-electron chi connectivity index (χ4n) is 1.81. The number of hydrogen-bond donors (Lipinski definition) is 0. The molecule has 0 aromatic heterocycles. The van der Waals surface area contributed by atoms with Gasteiger partial charge in [0.05, 0.1) is 16.8 Å². The van der Waals surface area contributed by atoms with Crippen LogP contribution in [0.4, 0.5) is 13.2 Å². The summed E-state index contributed by atoms with van der Waals surface area (Å²) in [4.78, 5) is 9.90. The maximum absolute atomic E-state index is 12.8. The highest BCUT2D eigenvalue weighted by Crippen LogP contribution is 2.29. The van der Waals surface area contributed by atoms with E-state index in [9.17, 15) is 13.2 Å². The van der Waals surface area contributed by atoms with Crippen LogP contribution in [0.3, 0.4) is 0 Å². The van der Waals surface area contributed by atoms with E-state index in [2.05, 4.69) is 21.2 Å². The molecule has 0 unspecified atom stereocenters. The van der Waals surface area contributed by atoms with Gasteiger partial charge in [-0.1, -0.05) is 35.5 Å². The van der Waals surface area contributed by atoms with Crippen molar-refractivity contribution in [1.29, 1.82) is 0 Å². The lowest BCUT2D eigenvalue weighted by Crippen LogP contribution is -2.08. The Hall–Kier alpha value is -2.83. The van der Waals surface area contributed by atoms with Gasteiger partial charge in [-0.3, -0.25) is 0 Å². The molecule has 2 rings (SSSR count). The predicted molar refractivity (Wildman–Crippen MR) is 83.6 cm³/mol. The summed E-state index contributed by atoms with van der Waals surface area (Å²) in [7, 11) is 1.34. The summed E-state index contributed by atoms with van der Waals surface area (Å²) in [6.07, 6.45) is -4.42. The predicted octanol–water partition coefficient (Wildman–Crippen LogP) is 4.25. The van der Waals surface area contributed by atoms with Gasteiger partial charge in [-0.25, -0.2) is 0 Å². The normalized spacial score (nSPS) is 12.9. The molecule has 0 aliphatic carbocycles. The molecule has 0 aliphatic heterocycles. The van der Waals surface area contributed by atoms with E-state index in [0.717, 1.165) is 12.1 Å². The van der Waals surface area contributed by atoms with E-state index < -0.39 is 11.7 Å².